The molecule has 0 heterocycles. The predicted molar refractivity (Wildman–Crippen MR) is 86.1 cm³/mol. The summed E-state index contributed by atoms with van der Waals surface area (Å²) in [6.07, 6.45) is 0. The van der Waals surface area contributed by atoms with Gasteiger partial charge in [0.05, 0.1) is 5.41 Å². The van der Waals surface area contributed by atoms with Crippen molar-refractivity contribution in [2.24, 2.45) is 16.7 Å². The van der Waals surface area contributed by atoms with Gasteiger partial charge in [-0.1, -0.05) is 34.6 Å². The molecule has 0 bridgehead atoms. The van der Waals surface area contributed by atoms with Crippen LogP contribution in [-0.2, 0) is 19.1 Å². The highest BCUT2D eigenvalue weighted by Gasteiger charge is 2.48. The summed E-state index contributed by atoms with van der Waals surface area (Å²) in [6, 6.07) is 0. The second kappa shape index (κ2) is 7.59. The number of thiol groups is 2. The smallest absolute Gasteiger partial charge is 0.345 e. The van der Waals surface area contributed by atoms with Crippen LogP contribution in [0.1, 0.15) is 41.5 Å². The summed E-state index contributed by atoms with van der Waals surface area (Å²) < 4.78 is 10.0. The highest BCUT2D eigenvalue weighted by atomic mass is 32.1. The van der Waals surface area contributed by atoms with E-state index in [0.717, 1.165) is 0 Å². The van der Waals surface area contributed by atoms with Crippen LogP contribution in [0.2, 0.25) is 0 Å². The zero-order chi connectivity index (χ0) is 16.1. The Hall–Kier alpha value is -0.360. The second-order valence-corrected chi connectivity index (χ2v) is 7.25. The molecule has 0 aromatic rings. The Balaban J connectivity index is 4.70. The van der Waals surface area contributed by atoms with Crippen molar-refractivity contribution in [1.82, 2.24) is 0 Å². The van der Waals surface area contributed by atoms with Gasteiger partial charge in [-0.25, -0.2) is 4.79 Å². The van der Waals surface area contributed by atoms with Crippen LogP contribution < -0.4 is 0 Å². The number of hydrogen-bond acceptors (Lipinski definition) is 6. The van der Waals surface area contributed by atoms with Crippen molar-refractivity contribution in [3.8, 4) is 0 Å². The van der Waals surface area contributed by atoms with Gasteiger partial charge in [0.2, 0.25) is 0 Å². The number of esters is 2. The van der Waals surface area contributed by atoms with E-state index in [9.17, 15) is 9.59 Å². The van der Waals surface area contributed by atoms with Crippen molar-refractivity contribution in [3.63, 3.8) is 0 Å². The molecule has 6 heteroatoms. The van der Waals surface area contributed by atoms with Gasteiger partial charge in [-0.3, -0.25) is 4.79 Å². The molecule has 118 valence electrons. The Labute approximate surface area is 132 Å². The molecule has 0 rings (SSSR count). The van der Waals surface area contributed by atoms with Crippen LogP contribution in [0.4, 0.5) is 0 Å². The van der Waals surface area contributed by atoms with Gasteiger partial charge >= 0.3 is 11.9 Å². The molecule has 0 saturated heterocycles. The Morgan fingerprint density at radius 1 is 1.15 bits per heavy atom. The molecule has 2 atom stereocenters. The molecule has 0 saturated carbocycles. The number of rotatable bonds is 6. The van der Waals surface area contributed by atoms with Crippen LogP contribution in [0.25, 0.3) is 0 Å². The molecule has 0 radical (unpaired) electrons. The maximum atomic E-state index is 12.3. The van der Waals surface area contributed by atoms with Crippen LogP contribution >= 0.6 is 25.3 Å². The predicted octanol–water partition coefficient (Wildman–Crippen LogP) is 2.97. The third-order valence-electron chi connectivity index (χ3n) is 3.88. The third kappa shape index (κ3) is 4.88. The Morgan fingerprint density at radius 2 is 1.65 bits per heavy atom. The maximum absolute atomic E-state index is 12.3. The summed E-state index contributed by atoms with van der Waals surface area (Å²) in [7, 11) is 0. The largest absolute Gasteiger partial charge is 0.453 e. The zero-order valence-electron chi connectivity index (χ0n) is 13.1. The SMILES string of the molecule is CC(C)C(C)(C(=O)OCC(=O)OC(S)CS)C(C)(C)C. The van der Waals surface area contributed by atoms with Gasteiger partial charge in [-0.2, -0.15) is 12.6 Å². The molecule has 0 aliphatic rings. The van der Waals surface area contributed by atoms with Crippen molar-refractivity contribution in [1.29, 1.82) is 0 Å². The van der Waals surface area contributed by atoms with Gasteiger partial charge < -0.3 is 9.47 Å². The van der Waals surface area contributed by atoms with Crippen LogP contribution in [-0.4, -0.2) is 29.7 Å². The van der Waals surface area contributed by atoms with Crippen molar-refractivity contribution in [3.05, 3.63) is 0 Å². The van der Waals surface area contributed by atoms with Crippen molar-refractivity contribution in [2.75, 3.05) is 12.4 Å². The van der Waals surface area contributed by atoms with Gasteiger partial charge in [0, 0.05) is 5.75 Å². The molecule has 4 nitrogen and oxygen atoms in total. The van der Waals surface area contributed by atoms with E-state index in [-0.39, 0.29) is 11.3 Å². The van der Waals surface area contributed by atoms with E-state index in [1.165, 1.54) is 0 Å². The van der Waals surface area contributed by atoms with E-state index >= 15 is 0 Å². The first-order valence-corrected chi connectivity index (χ1v) is 7.77. The molecule has 0 fully saturated rings. The molecular weight excluding hydrogens is 296 g/mol. The van der Waals surface area contributed by atoms with E-state index < -0.39 is 29.4 Å². The average molecular weight is 322 g/mol. The van der Waals surface area contributed by atoms with E-state index in [1.54, 1.807) is 0 Å². The van der Waals surface area contributed by atoms with Crippen LogP contribution in [0.3, 0.4) is 0 Å². The van der Waals surface area contributed by atoms with Crippen molar-refractivity contribution < 1.29 is 19.1 Å². The van der Waals surface area contributed by atoms with E-state index in [2.05, 4.69) is 25.3 Å². The van der Waals surface area contributed by atoms with Crippen molar-refractivity contribution in [2.45, 2.75) is 47.0 Å². The maximum Gasteiger partial charge on any atom is 0.345 e. The van der Waals surface area contributed by atoms with Gasteiger partial charge in [-0.05, 0) is 18.3 Å². The molecule has 0 aromatic heterocycles. The highest BCUT2D eigenvalue weighted by molar-refractivity contribution is 7.84. The molecule has 0 aliphatic heterocycles. The Morgan fingerprint density at radius 3 is 2.00 bits per heavy atom. The molecule has 20 heavy (non-hydrogen) atoms. The lowest BCUT2D eigenvalue weighted by Crippen LogP contribution is -2.46. The van der Waals surface area contributed by atoms with Gasteiger partial charge in [0.1, 0.15) is 0 Å². The molecular formula is C14H26O4S2. The monoisotopic (exact) mass is 322 g/mol. The first kappa shape index (κ1) is 19.6. The highest BCUT2D eigenvalue weighted by Crippen LogP contribution is 2.45. The van der Waals surface area contributed by atoms with E-state index in [1.807, 2.05) is 41.5 Å². The number of hydrogen-bond donors (Lipinski definition) is 2. The Kier molecular flexibility index (Phi) is 7.46. The average Bonchev–Trinajstić information content (AvgIpc) is 2.32. The Bertz CT molecular complexity index is 350. The molecule has 0 N–H and O–H groups in total. The fraction of sp³-hybridized carbons (Fsp3) is 0.857. The van der Waals surface area contributed by atoms with Crippen LogP contribution in [0.15, 0.2) is 0 Å². The summed E-state index contributed by atoms with van der Waals surface area (Å²) in [5.41, 5.74) is -1.56. The van der Waals surface area contributed by atoms with Gasteiger partial charge in [-0.15, -0.1) is 12.6 Å². The lowest BCUT2D eigenvalue weighted by atomic mass is 9.62. The molecule has 0 spiro atoms. The minimum Gasteiger partial charge on any atom is -0.453 e. The first-order valence-electron chi connectivity index (χ1n) is 6.62. The molecule has 0 aliphatic carbocycles. The zero-order valence-corrected chi connectivity index (χ0v) is 14.9. The summed E-state index contributed by atoms with van der Waals surface area (Å²) in [5.74, 6) is -0.624. The molecule has 2 unspecified atom stereocenters. The van der Waals surface area contributed by atoms with Crippen molar-refractivity contribution >= 4 is 37.2 Å². The first-order chi connectivity index (χ1) is 8.96. The summed E-state index contributed by atoms with van der Waals surface area (Å²) in [5, 5.41) is 0. The number of carbonyl (C=O) groups is 2. The number of carbonyl (C=O) groups excluding carboxylic acids is 2. The van der Waals surface area contributed by atoms with Crippen LogP contribution in [0, 0.1) is 16.7 Å². The normalized spacial score (nSPS) is 16.4. The summed E-state index contributed by atoms with van der Waals surface area (Å²) in [4.78, 5) is 23.8. The number of ether oxygens (including phenoxy) is 2. The second-order valence-electron chi connectivity index (χ2n) is 6.31. The lowest BCUT2D eigenvalue weighted by molar-refractivity contribution is -0.173. The fourth-order valence-corrected chi connectivity index (χ4v) is 2.10. The van der Waals surface area contributed by atoms with Crippen LogP contribution in [0.5, 0.6) is 0 Å². The molecule has 0 aromatic carbocycles. The van der Waals surface area contributed by atoms with E-state index in [4.69, 9.17) is 9.47 Å². The summed E-state index contributed by atoms with van der Waals surface area (Å²) in [6.45, 7) is 11.3. The van der Waals surface area contributed by atoms with Gasteiger partial charge in [0.15, 0.2) is 12.0 Å². The van der Waals surface area contributed by atoms with Gasteiger partial charge in [0.25, 0.3) is 0 Å². The quantitative estimate of drug-likeness (QED) is 0.448. The minimum absolute atomic E-state index is 0.0843. The molecule has 0 amide bonds. The minimum atomic E-state index is -0.683. The summed E-state index contributed by atoms with van der Waals surface area (Å²) >= 11 is 7.94. The topological polar surface area (TPSA) is 52.6 Å². The van der Waals surface area contributed by atoms with E-state index in [0.29, 0.717) is 5.75 Å². The third-order valence-corrected chi connectivity index (χ3v) is 4.79. The fourth-order valence-electron chi connectivity index (χ4n) is 1.91. The lowest BCUT2D eigenvalue weighted by Gasteiger charge is -2.42. The standard InChI is InChI=1S/C14H26O4S2/c1-9(2)14(6,13(3,4)5)12(16)17-7-10(15)18-11(20)8-19/h9,11,19-20H,7-8H2,1-6H3.